The Labute approximate surface area is 220 Å². The molecule has 1 aliphatic heterocycles. The second-order valence-corrected chi connectivity index (χ2v) is 10.6. The zero-order valence-corrected chi connectivity index (χ0v) is 21.6. The highest BCUT2D eigenvalue weighted by atomic mass is 19.1. The van der Waals surface area contributed by atoms with E-state index in [4.69, 9.17) is 0 Å². The van der Waals surface area contributed by atoms with Crippen LogP contribution in [0.3, 0.4) is 0 Å². The smallest absolute Gasteiger partial charge is 0.237 e. The maximum absolute atomic E-state index is 13.9. The van der Waals surface area contributed by atoms with Crippen molar-refractivity contribution in [3.05, 3.63) is 77.6 Å². The summed E-state index contributed by atoms with van der Waals surface area (Å²) >= 11 is 0. The molecule has 2 aromatic carbocycles. The molecule has 6 heteroatoms. The van der Waals surface area contributed by atoms with Crippen LogP contribution in [0.1, 0.15) is 62.5 Å². The third-order valence-corrected chi connectivity index (χ3v) is 7.65. The van der Waals surface area contributed by atoms with E-state index in [2.05, 4.69) is 40.2 Å². The van der Waals surface area contributed by atoms with Crippen molar-refractivity contribution in [1.29, 1.82) is 0 Å². The zero-order valence-electron chi connectivity index (χ0n) is 21.6. The van der Waals surface area contributed by atoms with E-state index in [9.17, 15) is 14.0 Å². The van der Waals surface area contributed by atoms with Crippen molar-refractivity contribution in [2.45, 2.75) is 69.9 Å². The average molecular weight is 506 g/mol. The van der Waals surface area contributed by atoms with E-state index >= 15 is 0 Å². The Morgan fingerprint density at radius 1 is 1.03 bits per heavy atom. The summed E-state index contributed by atoms with van der Waals surface area (Å²) in [5.41, 5.74) is 1.95. The second-order valence-electron chi connectivity index (χ2n) is 10.6. The summed E-state index contributed by atoms with van der Waals surface area (Å²) in [6, 6.07) is 16.1. The SMILES string of the molecule is O=C1NCC[C@H]1C[C@@H](Cc1cccc(F)c1)NC(=O)[C@H](CC1CCCCC1)NCC=Cc1ccccc1. The topological polar surface area (TPSA) is 70.2 Å². The van der Waals surface area contributed by atoms with Gasteiger partial charge in [-0.25, -0.2) is 4.39 Å². The van der Waals surface area contributed by atoms with Crippen LogP contribution < -0.4 is 16.0 Å². The van der Waals surface area contributed by atoms with Crippen LogP contribution in [-0.4, -0.2) is 37.0 Å². The van der Waals surface area contributed by atoms with Gasteiger partial charge in [-0.15, -0.1) is 0 Å². The molecule has 0 aromatic heterocycles. The van der Waals surface area contributed by atoms with Gasteiger partial charge in [0.25, 0.3) is 0 Å². The fraction of sp³-hybridized carbons (Fsp3) is 0.484. The van der Waals surface area contributed by atoms with E-state index < -0.39 is 0 Å². The minimum Gasteiger partial charge on any atom is -0.356 e. The maximum atomic E-state index is 13.9. The van der Waals surface area contributed by atoms with Gasteiger partial charge in [0, 0.05) is 25.0 Å². The average Bonchev–Trinajstić information content (AvgIpc) is 3.31. The predicted molar refractivity (Wildman–Crippen MR) is 146 cm³/mol. The minimum atomic E-state index is -0.309. The van der Waals surface area contributed by atoms with Crippen LogP contribution in [0.5, 0.6) is 0 Å². The Bertz CT molecular complexity index is 1040. The van der Waals surface area contributed by atoms with Gasteiger partial charge in [0.2, 0.25) is 11.8 Å². The monoisotopic (exact) mass is 505 g/mol. The molecular formula is C31H40FN3O2. The van der Waals surface area contributed by atoms with Crippen LogP contribution in [0.2, 0.25) is 0 Å². The van der Waals surface area contributed by atoms with E-state index in [1.807, 2.05) is 24.3 Å². The fourth-order valence-electron chi connectivity index (χ4n) is 5.67. The molecule has 3 atom stereocenters. The summed E-state index contributed by atoms with van der Waals surface area (Å²) in [4.78, 5) is 25.9. The van der Waals surface area contributed by atoms with Gasteiger partial charge in [0.05, 0.1) is 6.04 Å². The summed E-state index contributed by atoms with van der Waals surface area (Å²) in [5, 5.41) is 9.63. The van der Waals surface area contributed by atoms with Crippen LogP contribution >= 0.6 is 0 Å². The van der Waals surface area contributed by atoms with Crippen LogP contribution in [0.25, 0.3) is 6.08 Å². The largest absolute Gasteiger partial charge is 0.356 e. The molecule has 2 aromatic rings. The molecule has 198 valence electrons. The van der Waals surface area contributed by atoms with Crippen molar-refractivity contribution >= 4 is 17.9 Å². The van der Waals surface area contributed by atoms with Gasteiger partial charge in [0.15, 0.2) is 0 Å². The van der Waals surface area contributed by atoms with Gasteiger partial charge in [-0.3, -0.25) is 9.59 Å². The van der Waals surface area contributed by atoms with Crippen LogP contribution in [-0.2, 0) is 16.0 Å². The molecule has 1 aliphatic carbocycles. The van der Waals surface area contributed by atoms with Gasteiger partial charge < -0.3 is 16.0 Å². The van der Waals surface area contributed by atoms with E-state index in [-0.39, 0.29) is 35.6 Å². The summed E-state index contributed by atoms with van der Waals surface area (Å²) in [7, 11) is 0. The number of carbonyl (C=O) groups is 2. The van der Waals surface area contributed by atoms with Crippen molar-refractivity contribution in [3.63, 3.8) is 0 Å². The molecule has 2 aliphatic rings. The summed E-state index contributed by atoms with van der Waals surface area (Å²) in [6.45, 7) is 1.27. The molecule has 5 nitrogen and oxygen atoms in total. The molecular weight excluding hydrogens is 465 g/mol. The lowest BCUT2D eigenvalue weighted by atomic mass is 9.84. The highest BCUT2D eigenvalue weighted by Gasteiger charge is 2.30. The van der Waals surface area contributed by atoms with E-state index in [1.165, 1.54) is 44.2 Å². The van der Waals surface area contributed by atoms with Crippen molar-refractivity contribution in [1.82, 2.24) is 16.0 Å². The summed E-state index contributed by atoms with van der Waals surface area (Å²) in [6.07, 6.45) is 12.8. The van der Waals surface area contributed by atoms with Crippen molar-refractivity contribution in [3.8, 4) is 0 Å². The maximum Gasteiger partial charge on any atom is 0.237 e. The van der Waals surface area contributed by atoms with Gasteiger partial charge in [-0.1, -0.05) is 86.7 Å². The highest BCUT2D eigenvalue weighted by Crippen LogP contribution is 2.27. The number of hydrogen-bond donors (Lipinski definition) is 3. The number of halogens is 1. The third kappa shape index (κ3) is 8.81. The lowest BCUT2D eigenvalue weighted by Crippen LogP contribution is -2.50. The first-order valence-corrected chi connectivity index (χ1v) is 13.8. The lowest BCUT2D eigenvalue weighted by molar-refractivity contribution is -0.126. The van der Waals surface area contributed by atoms with E-state index in [1.54, 1.807) is 6.07 Å². The number of rotatable bonds is 12. The minimum absolute atomic E-state index is 0.0292. The number of hydrogen-bond acceptors (Lipinski definition) is 3. The summed E-state index contributed by atoms with van der Waals surface area (Å²) < 4.78 is 13.9. The summed E-state index contributed by atoms with van der Waals surface area (Å²) in [5.74, 6) is 0.137. The Kier molecular flexibility index (Phi) is 10.3. The number of benzene rings is 2. The molecule has 4 rings (SSSR count). The first-order chi connectivity index (χ1) is 18.1. The number of nitrogens with one attached hydrogen (secondary N) is 3. The molecule has 0 radical (unpaired) electrons. The first kappa shape index (κ1) is 27.1. The van der Waals surface area contributed by atoms with Gasteiger partial charge in [-0.05, 0) is 54.9 Å². The van der Waals surface area contributed by atoms with Gasteiger partial charge >= 0.3 is 0 Å². The lowest BCUT2D eigenvalue weighted by Gasteiger charge is -2.29. The van der Waals surface area contributed by atoms with Crippen molar-refractivity contribution in [2.24, 2.45) is 11.8 Å². The van der Waals surface area contributed by atoms with E-state index in [0.29, 0.717) is 31.8 Å². The molecule has 1 saturated carbocycles. The van der Waals surface area contributed by atoms with Crippen LogP contribution in [0.15, 0.2) is 60.7 Å². The molecule has 1 heterocycles. The second kappa shape index (κ2) is 14.1. The zero-order chi connectivity index (χ0) is 25.9. The van der Waals surface area contributed by atoms with Crippen LogP contribution in [0, 0.1) is 17.7 Å². The number of carbonyl (C=O) groups excluding carboxylic acids is 2. The number of amides is 2. The van der Waals surface area contributed by atoms with Gasteiger partial charge in [0.1, 0.15) is 5.82 Å². The fourth-order valence-corrected chi connectivity index (χ4v) is 5.67. The Balaban J connectivity index is 1.43. The van der Waals surface area contributed by atoms with Crippen LogP contribution in [0.4, 0.5) is 4.39 Å². The Hall–Kier alpha value is -2.99. The van der Waals surface area contributed by atoms with Gasteiger partial charge in [-0.2, -0.15) is 0 Å². The normalized spacial score (nSPS) is 20.0. The molecule has 0 spiro atoms. The molecule has 3 N–H and O–H groups in total. The molecule has 2 amide bonds. The molecule has 37 heavy (non-hydrogen) atoms. The quantitative estimate of drug-likeness (QED) is 0.379. The molecule has 1 saturated heterocycles. The van der Waals surface area contributed by atoms with Crippen molar-refractivity contribution in [2.75, 3.05) is 13.1 Å². The first-order valence-electron chi connectivity index (χ1n) is 13.8. The molecule has 0 unspecified atom stereocenters. The standard InChI is InChI=1S/C31H40FN3O2/c32-27-15-7-13-25(19-27)20-28(22-26-16-18-34-30(26)36)35-31(37)29(21-24-11-5-2-6-12-24)33-17-8-14-23-9-3-1-4-10-23/h1,3-4,7-10,13-15,19,24,26,28-29,33H,2,5-6,11-12,16-18,20-22H2,(H,34,36)(H,35,37)/t26-,28+,29-/m0/s1. The molecule has 2 fully saturated rings. The van der Waals surface area contributed by atoms with E-state index in [0.717, 1.165) is 24.0 Å². The highest BCUT2D eigenvalue weighted by molar-refractivity contribution is 5.83. The third-order valence-electron chi connectivity index (χ3n) is 7.65. The Morgan fingerprint density at radius 2 is 1.84 bits per heavy atom. The predicted octanol–water partition coefficient (Wildman–Crippen LogP) is 5.02. The molecule has 0 bridgehead atoms. The Morgan fingerprint density at radius 3 is 2.57 bits per heavy atom. The van der Waals surface area contributed by atoms with Crippen molar-refractivity contribution < 1.29 is 14.0 Å².